The second-order valence-corrected chi connectivity index (χ2v) is 17.5. The predicted octanol–water partition coefficient (Wildman–Crippen LogP) is 15.8. The minimum absolute atomic E-state index is 0.0595. The molecule has 0 atom stereocenters. The van der Waals surface area contributed by atoms with Crippen molar-refractivity contribution in [2.24, 2.45) is 0 Å². The molecule has 8 aromatic carbocycles. The molecule has 0 spiro atoms. The number of benzene rings is 8. The van der Waals surface area contributed by atoms with E-state index in [1.54, 1.807) is 0 Å². The Morgan fingerprint density at radius 1 is 0.541 bits per heavy atom. The highest BCUT2D eigenvalue weighted by molar-refractivity contribution is 6.11. The average Bonchev–Trinajstić information content (AvgIpc) is 3.77. The quantitative estimate of drug-likeness (QED) is 0.163. The summed E-state index contributed by atoms with van der Waals surface area (Å²) in [6.45, 7) is 4.73. The third-order valence-electron chi connectivity index (χ3n) is 13.7. The highest BCUT2D eigenvalue weighted by Gasteiger charge is 2.37. The van der Waals surface area contributed by atoms with E-state index in [1.165, 1.54) is 111 Å². The van der Waals surface area contributed by atoms with Crippen LogP contribution in [0.4, 0.5) is 11.4 Å². The van der Waals surface area contributed by atoms with E-state index in [0.717, 1.165) is 25.7 Å². The van der Waals surface area contributed by atoms with Crippen molar-refractivity contribution in [3.8, 4) is 27.9 Å². The molecular formula is C59H46N2. The molecule has 1 heterocycles. The number of anilines is 2. The summed E-state index contributed by atoms with van der Waals surface area (Å²) in [7, 11) is 0. The van der Waals surface area contributed by atoms with Crippen LogP contribution in [0.3, 0.4) is 0 Å². The molecule has 61 heavy (non-hydrogen) atoms. The van der Waals surface area contributed by atoms with Crippen molar-refractivity contribution in [3.05, 3.63) is 222 Å². The summed E-state index contributed by atoms with van der Waals surface area (Å²) in [5.41, 5.74) is 20.7. The fraction of sp³-hybridized carbons (Fsp3) is 0.119. The van der Waals surface area contributed by atoms with Gasteiger partial charge < -0.3 is 9.47 Å². The van der Waals surface area contributed by atoms with Crippen molar-refractivity contribution in [3.63, 3.8) is 0 Å². The molecule has 0 saturated heterocycles. The molecule has 0 saturated carbocycles. The van der Waals surface area contributed by atoms with E-state index in [2.05, 4.69) is 217 Å². The van der Waals surface area contributed by atoms with Gasteiger partial charge in [0.1, 0.15) is 0 Å². The third-order valence-corrected chi connectivity index (χ3v) is 13.7. The normalized spacial score (nSPS) is 15.0. The lowest BCUT2D eigenvalue weighted by molar-refractivity contribution is 0.660. The lowest BCUT2D eigenvalue weighted by atomic mass is 9.82. The summed E-state index contributed by atoms with van der Waals surface area (Å²) >= 11 is 0. The highest BCUT2D eigenvalue weighted by Crippen LogP contribution is 2.52. The monoisotopic (exact) mass is 782 g/mol. The maximum absolute atomic E-state index is 2.54. The Hall–Kier alpha value is -7.16. The van der Waals surface area contributed by atoms with Gasteiger partial charge in [-0.15, -0.1) is 0 Å². The van der Waals surface area contributed by atoms with Crippen molar-refractivity contribution in [1.29, 1.82) is 0 Å². The Morgan fingerprint density at radius 3 is 2.21 bits per heavy atom. The van der Waals surface area contributed by atoms with Crippen molar-refractivity contribution in [2.75, 3.05) is 4.90 Å². The van der Waals surface area contributed by atoms with Crippen LogP contribution in [-0.2, 0) is 11.8 Å². The zero-order valence-electron chi connectivity index (χ0n) is 34.7. The molecular weight excluding hydrogens is 737 g/mol. The smallest absolute Gasteiger partial charge is 0.0543 e. The molecule has 0 aliphatic heterocycles. The van der Waals surface area contributed by atoms with Gasteiger partial charge in [0.05, 0.1) is 22.4 Å². The summed E-state index contributed by atoms with van der Waals surface area (Å²) in [4.78, 5) is 2.54. The van der Waals surface area contributed by atoms with Gasteiger partial charge in [0.2, 0.25) is 0 Å². The molecule has 3 aliphatic rings. The Balaban J connectivity index is 0.964. The van der Waals surface area contributed by atoms with E-state index < -0.39 is 0 Å². The Labute approximate surface area is 358 Å². The molecule has 3 aliphatic carbocycles. The number of para-hydroxylation sites is 1. The summed E-state index contributed by atoms with van der Waals surface area (Å²) in [6.07, 6.45) is 13.6. The molecule has 0 N–H and O–H groups in total. The number of rotatable bonds is 6. The number of nitrogens with zero attached hydrogens (tertiary/aromatic N) is 2. The van der Waals surface area contributed by atoms with Crippen molar-refractivity contribution < 1.29 is 0 Å². The molecule has 292 valence electrons. The van der Waals surface area contributed by atoms with Crippen LogP contribution in [0, 0.1) is 0 Å². The van der Waals surface area contributed by atoms with Gasteiger partial charge in [-0.05, 0) is 130 Å². The second kappa shape index (κ2) is 14.0. The highest BCUT2D eigenvalue weighted by atomic mass is 15.2. The molecule has 2 nitrogen and oxygen atoms in total. The van der Waals surface area contributed by atoms with Crippen molar-refractivity contribution >= 4 is 55.6 Å². The lowest BCUT2D eigenvalue weighted by Gasteiger charge is -2.32. The van der Waals surface area contributed by atoms with E-state index in [1.807, 2.05) is 0 Å². The van der Waals surface area contributed by atoms with Crippen LogP contribution in [0.2, 0.25) is 0 Å². The van der Waals surface area contributed by atoms with Gasteiger partial charge in [0, 0.05) is 38.5 Å². The van der Waals surface area contributed by atoms with E-state index >= 15 is 0 Å². The summed E-state index contributed by atoms with van der Waals surface area (Å²) in [5, 5.41) is 5.07. The molecule has 0 radical (unpaired) electrons. The molecule has 0 bridgehead atoms. The van der Waals surface area contributed by atoms with Crippen LogP contribution < -0.4 is 4.90 Å². The topological polar surface area (TPSA) is 8.17 Å². The van der Waals surface area contributed by atoms with E-state index in [9.17, 15) is 0 Å². The van der Waals surface area contributed by atoms with Crippen LogP contribution in [0.15, 0.2) is 194 Å². The Morgan fingerprint density at radius 2 is 1.26 bits per heavy atom. The second-order valence-electron chi connectivity index (χ2n) is 17.5. The number of allylic oxidation sites excluding steroid dienone is 4. The largest absolute Gasteiger partial charge is 0.310 e. The summed E-state index contributed by atoms with van der Waals surface area (Å²) in [5.74, 6) is 0. The first-order valence-electron chi connectivity index (χ1n) is 21.9. The van der Waals surface area contributed by atoms with E-state index in [4.69, 9.17) is 0 Å². The van der Waals surface area contributed by atoms with Crippen LogP contribution in [0.5, 0.6) is 0 Å². The third kappa shape index (κ3) is 5.62. The minimum Gasteiger partial charge on any atom is -0.310 e. The number of fused-ring (bicyclic) bond motifs is 8. The zero-order chi connectivity index (χ0) is 40.7. The molecule has 1 aromatic heterocycles. The maximum atomic E-state index is 2.54. The number of hydrogen-bond donors (Lipinski definition) is 0. The van der Waals surface area contributed by atoms with Crippen molar-refractivity contribution in [2.45, 2.75) is 44.9 Å². The standard InChI is InChI=1S/C59H46N2/c1-59(2)51-28-9-7-27-49(51)58-52(59)29-15-33-57(58)61-55-30-10-8-26-48(55)50-38-44(34-35-56(50)61)42-21-11-20-41(36-42)43-22-12-23-45(37-43)60(53-31-13-18-39-16-3-5-24-46(39)53)54-32-14-19-40-17-4-6-25-47(40)54/h3-5,7-11,13-21,23-24,26-38H,6,12,22,25H2,1-2H3. The van der Waals surface area contributed by atoms with Gasteiger partial charge in [-0.25, -0.2) is 0 Å². The van der Waals surface area contributed by atoms with E-state index in [0.29, 0.717) is 0 Å². The molecule has 0 unspecified atom stereocenters. The predicted molar refractivity (Wildman–Crippen MR) is 259 cm³/mol. The molecule has 0 amide bonds. The lowest BCUT2D eigenvalue weighted by Crippen LogP contribution is -2.19. The first-order valence-corrected chi connectivity index (χ1v) is 21.9. The van der Waals surface area contributed by atoms with Crippen LogP contribution in [-0.4, -0.2) is 4.57 Å². The molecule has 0 fully saturated rings. The van der Waals surface area contributed by atoms with Gasteiger partial charge in [-0.3, -0.25) is 0 Å². The fourth-order valence-corrected chi connectivity index (χ4v) is 10.8. The van der Waals surface area contributed by atoms with Gasteiger partial charge in [-0.1, -0.05) is 159 Å². The summed E-state index contributed by atoms with van der Waals surface area (Å²) < 4.78 is 2.50. The van der Waals surface area contributed by atoms with Crippen LogP contribution in [0.1, 0.15) is 60.9 Å². The van der Waals surface area contributed by atoms with Gasteiger partial charge >= 0.3 is 0 Å². The Kier molecular flexibility index (Phi) is 8.19. The first-order chi connectivity index (χ1) is 30.0. The van der Waals surface area contributed by atoms with Gasteiger partial charge in [-0.2, -0.15) is 0 Å². The van der Waals surface area contributed by atoms with Crippen molar-refractivity contribution in [1.82, 2.24) is 4.57 Å². The maximum Gasteiger partial charge on any atom is 0.0543 e. The minimum atomic E-state index is -0.0595. The first kappa shape index (κ1) is 35.8. The Bertz CT molecular complexity index is 3340. The molecule has 2 heteroatoms. The average molecular weight is 783 g/mol. The molecule has 12 rings (SSSR count). The SMILES string of the molecule is CC1(C)c2ccccc2-c2c(-n3c4ccccc4c4cc(-c5cccc(C6=CC(N(c7cccc8c7CCC=C8)c7cccc8ccccc78)=CCC6)c5)ccc43)cccc21. The fourth-order valence-electron chi connectivity index (χ4n) is 10.8. The van der Waals surface area contributed by atoms with Crippen LogP contribution in [0.25, 0.3) is 72.2 Å². The van der Waals surface area contributed by atoms with Gasteiger partial charge in [0.15, 0.2) is 0 Å². The number of hydrogen-bond acceptors (Lipinski definition) is 1. The summed E-state index contributed by atoms with van der Waals surface area (Å²) in [6, 6.07) is 63.4. The molecule has 9 aromatic rings. The van der Waals surface area contributed by atoms with E-state index in [-0.39, 0.29) is 5.41 Å². The van der Waals surface area contributed by atoms with Gasteiger partial charge in [0.25, 0.3) is 0 Å². The van der Waals surface area contributed by atoms with Crippen LogP contribution >= 0.6 is 0 Å². The number of aromatic nitrogens is 1. The zero-order valence-corrected chi connectivity index (χ0v) is 34.7.